The van der Waals surface area contributed by atoms with Gasteiger partial charge in [0.25, 0.3) is 0 Å². The van der Waals surface area contributed by atoms with Gasteiger partial charge in [0, 0.05) is 31.0 Å². The summed E-state index contributed by atoms with van der Waals surface area (Å²) < 4.78 is 5.13. The Kier molecular flexibility index (Phi) is 5.78. The maximum atomic E-state index is 11.6. The Morgan fingerprint density at radius 3 is 2.90 bits per heavy atom. The van der Waals surface area contributed by atoms with Crippen molar-refractivity contribution in [1.29, 1.82) is 0 Å². The highest BCUT2D eigenvalue weighted by atomic mass is 16.5. The van der Waals surface area contributed by atoms with E-state index in [1.807, 2.05) is 37.3 Å². The predicted molar refractivity (Wildman–Crippen MR) is 79.5 cm³/mol. The molecule has 0 saturated heterocycles. The third kappa shape index (κ3) is 5.66. The minimum atomic E-state index is -0.408. The Morgan fingerprint density at radius 2 is 2.19 bits per heavy atom. The number of ether oxygens (including phenoxy) is 1. The van der Waals surface area contributed by atoms with E-state index in [-0.39, 0.29) is 12.6 Å². The first-order valence-electron chi connectivity index (χ1n) is 6.89. The normalized spacial score (nSPS) is 11.9. The fourth-order valence-electron chi connectivity index (χ4n) is 1.75. The zero-order chi connectivity index (χ0) is 14.9. The van der Waals surface area contributed by atoms with Gasteiger partial charge in [-0.05, 0) is 12.5 Å². The molecule has 0 aliphatic heterocycles. The summed E-state index contributed by atoms with van der Waals surface area (Å²) in [4.78, 5) is 18.5. The fourth-order valence-corrected chi connectivity index (χ4v) is 1.75. The zero-order valence-electron chi connectivity index (χ0n) is 12.0. The molecule has 1 aromatic carbocycles. The van der Waals surface area contributed by atoms with E-state index in [4.69, 9.17) is 4.74 Å². The number of hydrogen-bond acceptors (Lipinski definition) is 4. The number of aromatic nitrogens is 2. The van der Waals surface area contributed by atoms with Gasteiger partial charge in [0.05, 0.1) is 6.33 Å². The first-order valence-corrected chi connectivity index (χ1v) is 6.89. The van der Waals surface area contributed by atoms with Gasteiger partial charge in [-0.2, -0.15) is 0 Å². The number of hydrogen-bond donors (Lipinski definition) is 3. The van der Waals surface area contributed by atoms with Crippen molar-refractivity contribution in [3.8, 4) is 0 Å². The standard InChI is InChI=1S/C15H20N4O2/c1-12(17-9-14-8-16-11-19-14)7-18-15(20)21-10-13-5-3-2-4-6-13/h2-6,8,11-12,17H,7,9-10H2,1H3,(H,16,19)(H,18,20)/t12-/m0/s1. The molecule has 112 valence electrons. The Bertz CT molecular complexity index is 528. The number of nitrogens with zero attached hydrogens (tertiary/aromatic N) is 1. The van der Waals surface area contributed by atoms with Crippen molar-refractivity contribution in [3.63, 3.8) is 0 Å². The van der Waals surface area contributed by atoms with Gasteiger partial charge in [0.15, 0.2) is 0 Å². The molecule has 0 unspecified atom stereocenters. The molecule has 0 spiro atoms. The second-order valence-corrected chi connectivity index (χ2v) is 4.80. The highest BCUT2D eigenvalue weighted by molar-refractivity contribution is 5.67. The Morgan fingerprint density at radius 1 is 1.38 bits per heavy atom. The lowest BCUT2D eigenvalue weighted by atomic mass is 10.2. The van der Waals surface area contributed by atoms with Crippen molar-refractivity contribution in [1.82, 2.24) is 20.6 Å². The Balaban J connectivity index is 1.59. The van der Waals surface area contributed by atoms with Crippen LogP contribution in [0.2, 0.25) is 0 Å². The van der Waals surface area contributed by atoms with Crippen LogP contribution in [0.15, 0.2) is 42.9 Å². The third-order valence-corrected chi connectivity index (χ3v) is 2.96. The van der Waals surface area contributed by atoms with Crippen molar-refractivity contribution in [3.05, 3.63) is 54.1 Å². The van der Waals surface area contributed by atoms with Crippen LogP contribution in [0.5, 0.6) is 0 Å². The molecule has 0 aliphatic rings. The number of benzene rings is 1. The quantitative estimate of drug-likeness (QED) is 0.726. The molecule has 0 saturated carbocycles. The number of amides is 1. The van der Waals surface area contributed by atoms with Crippen molar-refractivity contribution in [2.24, 2.45) is 0 Å². The van der Waals surface area contributed by atoms with E-state index < -0.39 is 6.09 Å². The minimum absolute atomic E-state index is 0.137. The second kappa shape index (κ2) is 8.06. The number of nitrogens with one attached hydrogen (secondary N) is 3. The number of alkyl carbamates (subject to hydrolysis) is 1. The molecule has 0 aliphatic carbocycles. The van der Waals surface area contributed by atoms with E-state index in [0.717, 1.165) is 11.3 Å². The SMILES string of the molecule is C[C@@H](CNC(=O)OCc1ccccc1)NCc1cnc[nH]1. The zero-order valence-corrected chi connectivity index (χ0v) is 12.0. The molecule has 21 heavy (non-hydrogen) atoms. The summed E-state index contributed by atoms with van der Waals surface area (Å²) in [6, 6.07) is 9.73. The molecule has 1 amide bonds. The lowest BCUT2D eigenvalue weighted by molar-refractivity contribution is 0.138. The molecule has 2 rings (SSSR count). The number of rotatable bonds is 7. The van der Waals surface area contributed by atoms with Crippen LogP contribution in [-0.4, -0.2) is 28.6 Å². The molecule has 6 nitrogen and oxygen atoms in total. The van der Waals surface area contributed by atoms with Gasteiger partial charge in [-0.1, -0.05) is 30.3 Å². The summed E-state index contributed by atoms with van der Waals surface area (Å²) in [5.41, 5.74) is 1.98. The predicted octanol–water partition coefficient (Wildman–Crippen LogP) is 1.81. The molecule has 2 aromatic rings. The summed E-state index contributed by atoms with van der Waals surface area (Å²) >= 11 is 0. The van der Waals surface area contributed by atoms with Crippen LogP contribution in [0.25, 0.3) is 0 Å². The van der Waals surface area contributed by atoms with Crippen molar-refractivity contribution < 1.29 is 9.53 Å². The van der Waals surface area contributed by atoms with Crippen LogP contribution in [0, 0.1) is 0 Å². The van der Waals surface area contributed by atoms with Crippen LogP contribution in [0.3, 0.4) is 0 Å². The van der Waals surface area contributed by atoms with Crippen LogP contribution in [0.4, 0.5) is 4.79 Å². The molecular weight excluding hydrogens is 268 g/mol. The number of carbonyl (C=O) groups excluding carboxylic acids is 1. The molecule has 1 heterocycles. The highest BCUT2D eigenvalue weighted by Crippen LogP contribution is 2.00. The van der Waals surface area contributed by atoms with Crippen molar-refractivity contribution >= 4 is 6.09 Å². The molecule has 0 radical (unpaired) electrons. The molecule has 1 aromatic heterocycles. The van der Waals surface area contributed by atoms with E-state index in [9.17, 15) is 4.79 Å². The molecule has 6 heteroatoms. The van der Waals surface area contributed by atoms with Crippen LogP contribution < -0.4 is 10.6 Å². The van der Waals surface area contributed by atoms with Gasteiger partial charge in [-0.3, -0.25) is 0 Å². The monoisotopic (exact) mass is 288 g/mol. The average Bonchev–Trinajstić information content (AvgIpc) is 3.03. The summed E-state index contributed by atoms with van der Waals surface area (Å²) in [5.74, 6) is 0. The van der Waals surface area contributed by atoms with E-state index in [1.54, 1.807) is 12.5 Å². The van der Waals surface area contributed by atoms with Crippen molar-refractivity contribution in [2.75, 3.05) is 6.54 Å². The summed E-state index contributed by atoms with van der Waals surface area (Å²) in [7, 11) is 0. The summed E-state index contributed by atoms with van der Waals surface area (Å²) in [5, 5.41) is 6.01. The highest BCUT2D eigenvalue weighted by Gasteiger charge is 2.06. The molecule has 3 N–H and O–H groups in total. The maximum Gasteiger partial charge on any atom is 0.407 e. The van der Waals surface area contributed by atoms with Gasteiger partial charge in [0.1, 0.15) is 6.61 Å². The van der Waals surface area contributed by atoms with Crippen LogP contribution in [0.1, 0.15) is 18.2 Å². The topological polar surface area (TPSA) is 79.0 Å². The van der Waals surface area contributed by atoms with E-state index in [0.29, 0.717) is 13.1 Å². The number of imidazole rings is 1. The molecule has 0 fully saturated rings. The Hall–Kier alpha value is -2.34. The van der Waals surface area contributed by atoms with E-state index >= 15 is 0 Å². The van der Waals surface area contributed by atoms with Gasteiger partial charge in [-0.25, -0.2) is 9.78 Å². The average molecular weight is 288 g/mol. The Labute approximate surface area is 123 Å². The number of carbonyl (C=O) groups is 1. The van der Waals surface area contributed by atoms with Gasteiger partial charge in [0.2, 0.25) is 0 Å². The third-order valence-electron chi connectivity index (χ3n) is 2.96. The van der Waals surface area contributed by atoms with Crippen molar-refractivity contribution in [2.45, 2.75) is 26.1 Å². The molecule has 1 atom stereocenters. The van der Waals surface area contributed by atoms with E-state index in [2.05, 4.69) is 20.6 Å². The lowest BCUT2D eigenvalue weighted by Crippen LogP contribution is -2.38. The van der Waals surface area contributed by atoms with Crippen LogP contribution in [-0.2, 0) is 17.9 Å². The first kappa shape index (κ1) is 15.1. The van der Waals surface area contributed by atoms with Gasteiger partial charge in [-0.15, -0.1) is 0 Å². The van der Waals surface area contributed by atoms with Gasteiger partial charge < -0.3 is 20.4 Å². The molecular formula is C15H20N4O2. The smallest absolute Gasteiger partial charge is 0.407 e. The number of aromatic amines is 1. The minimum Gasteiger partial charge on any atom is -0.445 e. The number of H-pyrrole nitrogens is 1. The van der Waals surface area contributed by atoms with Gasteiger partial charge >= 0.3 is 6.09 Å². The maximum absolute atomic E-state index is 11.6. The summed E-state index contributed by atoms with van der Waals surface area (Å²) in [6.07, 6.45) is 3.00. The fraction of sp³-hybridized carbons (Fsp3) is 0.333. The largest absolute Gasteiger partial charge is 0.445 e. The van der Waals surface area contributed by atoms with E-state index in [1.165, 1.54) is 0 Å². The second-order valence-electron chi connectivity index (χ2n) is 4.80. The summed E-state index contributed by atoms with van der Waals surface area (Å²) in [6.45, 7) is 3.46. The molecule has 0 bridgehead atoms. The lowest BCUT2D eigenvalue weighted by Gasteiger charge is -2.14. The van der Waals surface area contributed by atoms with Crippen LogP contribution >= 0.6 is 0 Å². The first-order chi connectivity index (χ1) is 10.2.